The van der Waals surface area contributed by atoms with Gasteiger partial charge in [-0.05, 0) is 12.1 Å². The molecule has 0 fully saturated rings. The van der Waals surface area contributed by atoms with Crippen molar-refractivity contribution in [2.45, 2.75) is 0 Å². The lowest BCUT2D eigenvalue weighted by Crippen LogP contribution is -2.03. The van der Waals surface area contributed by atoms with Crippen LogP contribution in [0.1, 0.15) is 10.5 Å². The fraction of sp³-hybridized carbons (Fsp3) is 0.0588. The summed E-state index contributed by atoms with van der Waals surface area (Å²) in [6, 6.07) is 16.8. The molecule has 0 radical (unpaired) electrons. The van der Waals surface area contributed by atoms with Crippen molar-refractivity contribution < 1.29 is 9.53 Å². The maximum Gasteiger partial charge on any atom is 0.358 e. The van der Waals surface area contributed by atoms with Crippen molar-refractivity contribution in [1.29, 1.82) is 0 Å². The molecule has 22 heavy (non-hydrogen) atoms. The van der Waals surface area contributed by atoms with Crippen LogP contribution >= 0.6 is 11.6 Å². The van der Waals surface area contributed by atoms with Crippen LogP contribution < -0.4 is 0 Å². The van der Waals surface area contributed by atoms with Gasteiger partial charge in [0.15, 0.2) is 5.69 Å². The largest absolute Gasteiger partial charge is 0.464 e. The second kappa shape index (κ2) is 6.03. The zero-order valence-corrected chi connectivity index (χ0v) is 12.6. The van der Waals surface area contributed by atoms with Crippen LogP contribution in [0.4, 0.5) is 0 Å². The first kappa shape index (κ1) is 14.4. The van der Waals surface area contributed by atoms with Crippen LogP contribution in [0.3, 0.4) is 0 Å². The minimum absolute atomic E-state index is 0.253. The zero-order chi connectivity index (χ0) is 15.5. The summed E-state index contributed by atoms with van der Waals surface area (Å²) in [7, 11) is 1.34. The molecule has 1 N–H and O–H groups in total. The molecule has 110 valence electrons. The number of ether oxygens (including phenoxy) is 1. The second-order valence-corrected chi connectivity index (χ2v) is 5.11. The van der Waals surface area contributed by atoms with Crippen molar-refractivity contribution in [3.63, 3.8) is 0 Å². The number of benzene rings is 2. The number of methoxy groups -OCH3 is 1. The van der Waals surface area contributed by atoms with Gasteiger partial charge < -0.3 is 9.72 Å². The number of nitrogens with zero attached hydrogens (tertiary/aromatic N) is 1. The van der Waals surface area contributed by atoms with Gasteiger partial charge in [0.2, 0.25) is 0 Å². The molecule has 1 aromatic heterocycles. The van der Waals surface area contributed by atoms with Gasteiger partial charge in [0.25, 0.3) is 0 Å². The third-order valence-corrected chi connectivity index (χ3v) is 3.51. The molecule has 3 aromatic rings. The number of esters is 1. The first-order chi connectivity index (χ1) is 10.7. The Morgan fingerprint density at radius 1 is 1.05 bits per heavy atom. The lowest BCUT2D eigenvalue weighted by Gasteiger charge is -2.01. The molecule has 0 aliphatic rings. The Morgan fingerprint density at radius 3 is 2.36 bits per heavy atom. The van der Waals surface area contributed by atoms with E-state index in [1.807, 2.05) is 42.5 Å². The fourth-order valence-corrected chi connectivity index (χ4v) is 2.30. The summed E-state index contributed by atoms with van der Waals surface area (Å²) in [4.78, 5) is 19.6. The van der Waals surface area contributed by atoms with Gasteiger partial charge in [-0.15, -0.1) is 0 Å². The first-order valence-corrected chi connectivity index (χ1v) is 7.06. The summed E-state index contributed by atoms with van der Waals surface area (Å²) < 4.78 is 4.82. The highest BCUT2D eigenvalue weighted by atomic mass is 35.5. The summed E-state index contributed by atoms with van der Waals surface area (Å²) in [5, 5.41) is 0.631. The van der Waals surface area contributed by atoms with Crippen LogP contribution in [0.2, 0.25) is 5.02 Å². The maximum atomic E-state index is 12.0. The summed E-state index contributed by atoms with van der Waals surface area (Å²) in [6.45, 7) is 0. The molecule has 0 atom stereocenters. The molecule has 0 aliphatic carbocycles. The van der Waals surface area contributed by atoms with Crippen LogP contribution in [0, 0.1) is 0 Å². The highest BCUT2D eigenvalue weighted by Crippen LogP contribution is 2.27. The Hall–Kier alpha value is -2.59. The van der Waals surface area contributed by atoms with Gasteiger partial charge in [0, 0.05) is 16.1 Å². The van der Waals surface area contributed by atoms with Crippen molar-refractivity contribution in [2.75, 3.05) is 7.11 Å². The molecule has 3 rings (SSSR count). The third kappa shape index (κ3) is 2.73. The molecule has 1 heterocycles. The number of carbonyl (C=O) groups excluding carboxylic acids is 1. The van der Waals surface area contributed by atoms with Gasteiger partial charge in [0.05, 0.1) is 12.8 Å². The normalized spacial score (nSPS) is 10.5. The number of H-pyrrole nitrogens is 1. The number of nitrogens with one attached hydrogen (secondary N) is 1. The number of aromatic nitrogens is 2. The van der Waals surface area contributed by atoms with E-state index >= 15 is 0 Å². The lowest BCUT2D eigenvalue weighted by molar-refractivity contribution is 0.0595. The maximum absolute atomic E-state index is 12.0. The Kier molecular flexibility index (Phi) is 3.94. The van der Waals surface area contributed by atoms with Crippen LogP contribution in [0.5, 0.6) is 0 Å². The van der Waals surface area contributed by atoms with E-state index in [1.54, 1.807) is 12.1 Å². The topological polar surface area (TPSA) is 55.0 Å². The minimum atomic E-state index is -0.483. The molecular weight excluding hydrogens is 300 g/mol. The Bertz CT molecular complexity index is 795. The molecule has 0 amide bonds. The monoisotopic (exact) mass is 312 g/mol. The van der Waals surface area contributed by atoms with Gasteiger partial charge in [0.1, 0.15) is 5.82 Å². The standard InChI is InChI=1S/C17H13ClN2O2/c1-22-17(21)15-14(11-7-9-13(18)10-8-11)19-16(20-15)12-5-3-2-4-6-12/h2-10H,1H3,(H,19,20). The minimum Gasteiger partial charge on any atom is -0.464 e. The average Bonchev–Trinajstić information content (AvgIpc) is 3.01. The molecule has 0 spiro atoms. The van der Waals surface area contributed by atoms with E-state index in [-0.39, 0.29) is 5.69 Å². The highest BCUT2D eigenvalue weighted by molar-refractivity contribution is 6.30. The molecule has 0 bridgehead atoms. The number of rotatable bonds is 3. The fourth-order valence-electron chi connectivity index (χ4n) is 2.18. The van der Waals surface area contributed by atoms with Crippen molar-refractivity contribution >= 4 is 17.6 Å². The van der Waals surface area contributed by atoms with Crippen LogP contribution in [-0.4, -0.2) is 23.0 Å². The number of aromatic amines is 1. The SMILES string of the molecule is COC(=O)c1nc(-c2ccccc2)[nH]c1-c1ccc(Cl)cc1. The van der Waals surface area contributed by atoms with Gasteiger partial charge in [-0.1, -0.05) is 54.1 Å². The van der Waals surface area contributed by atoms with Gasteiger partial charge in [-0.25, -0.2) is 9.78 Å². The Labute approximate surface area is 132 Å². The molecule has 0 aliphatic heterocycles. The van der Waals surface area contributed by atoms with Crippen LogP contribution in [-0.2, 0) is 4.74 Å². The van der Waals surface area contributed by atoms with E-state index < -0.39 is 5.97 Å². The lowest BCUT2D eigenvalue weighted by atomic mass is 10.1. The average molecular weight is 313 g/mol. The summed E-state index contributed by atoms with van der Waals surface area (Å²) >= 11 is 5.91. The molecular formula is C17H13ClN2O2. The molecule has 0 unspecified atom stereocenters. The predicted molar refractivity (Wildman–Crippen MR) is 85.8 cm³/mol. The zero-order valence-electron chi connectivity index (χ0n) is 11.8. The molecule has 2 aromatic carbocycles. The number of carbonyl (C=O) groups is 1. The molecule has 5 heteroatoms. The summed E-state index contributed by atoms with van der Waals surface area (Å²) in [5.41, 5.74) is 2.58. The second-order valence-electron chi connectivity index (χ2n) is 4.67. The van der Waals surface area contributed by atoms with E-state index in [9.17, 15) is 4.79 Å². The summed E-state index contributed by atoms with van der Waals surface area (Å²) in [5.74, 6) is 0.134. The van der Waals surface area contributed by atoms with Crippen LogP contribution in [0.25, 0.3) is 22.6 Å². The Balaban J connectivity index is 2.13. The van der Waals surface area contributed by atoms with E-state index in [0.29, 0.717) is 16.5 Å². The van der Waals surface area contributed by atoms with E-state index in [0.717, 1.165) is 11.1 Å². The number of hydrogen-bond acceptors (Lipinski definition) is 3. The van der Waals surface area contributed by atoms with Crippen molar-refractivity contribution in [3.8, 4) is 22.6 Å². The van der Waals surface area contributed by atoms with Crippen LogP contribution in [0.15, 0.2) is 54.6 Å². The molecule has 0 saturated heterocycles. The van der Waals surface area contributed by atoms with E-state index in [4.69, 9.17) is 16.3 Å². The molecule has 4 nitrogen and oxygen atoms in total. The van der Waals surface area contributed by atoms with E-state index in [1.165, 1.54) is 7.11 Å². The number of halogens is 1. The number of hydrogen-bond donors (Lipinski definition) is 1. The van der Waals surface area contributed by atoms with Gasteiger partial charge in [-0.3, -0.25) is 0 Å². The quantitative estimate of drug-likeness (QED) is 0.738. The van der Waals surface area contributed by atoms with Crippen molar-refractivity contribution in [3.05, 3.63) is 65.3 Å². The summed E-state index contributed by atoms with van der Waals surface area (Å²) in [6.07, 6.45) is 0. The Morgan fingerprint density at radius 2 is 1.73 bits per heavy atom. The predicted octanol–water partition coefficient (Wildman–Crippen LogP) is 4.18. The van der Waals surface area contributed by atoms with Crippen molar-refractivity contribution in [2.24, 2.45) is 0 Å². The van der Waals surface area contributed by atoms with Crippen molar-refractivity contribution in [1.82, 2.24) is 9.97 Å². The van der Waals surface area contributed by atoms with Gasteiger partial charge in [-0.2, -0.15) is 0 Å². The molecule has 0 saturated carbocycles. The van der Waals surface area contributed by atoms with Gasteiger partial charge >= 0.3 is 5.97 Å². The number of imidazole rings is 1. The first-order valence-electron chi connectivity index (χ1n) is 6.68. The highest BCUT2D eigenvalue weighted by Gasteiger charge is 2.20. The third-order valence-electron chi connectivity index (χ3n) is 3.26. The smallest absolute Gasteiger partial charge is 0.358 e. The van der Waals surface area contributed by atoms with E-state index in [2.05, 4.69) is 9.97 Å².